The molecule has 5 nitrogen and oxygen atoms in total. The van der Waals surface area contributed by atoms with Gasteiger partial charge in [0, 0.05) is 12.7 Å². The van der Waals surface area contributed by atoms with Crippen molar-refractivity contribution in [2.75, 3.05) is 12.4 Å². The molecule has 0 aliphatic rings. The van der Waals surface area contributed by atoms with E-state index in [0.717, 1.165) is 28.0 Å². The third-order valence-electron chi connectivity index (χ3n) is 3.53. The highest BCUT2D eigenvalue weighted by atomic mass is 16.5. The number of imidazole rings is 1. The number of aryl methyl sites for hydroxylation is 1. The number of hydrogen-bond acceptors (Lipinski definition) is 3. The Bertz CT molecular complexity index is 806. The van der Waals surface area contributed by atoms with Crippen molar-refractivity contribution in [1.29, 1.82) is 0 Å². The van der Waals surface area contributed by atoms with Gasteiger partial charge in [-0.15, -0.1) is 0 Å². The highest BCUT2D eigenvalue weighted by Crippen LogP contribution is 2.17. The van der Waals surface area contributed by atoms with Crippen LogP contribution in [0.1, 0.15) is 5.56 Å². The Hall–Kier alpha value is -2.82. The number of hydrogen-bond donors (Lipinski definition) is 1. The summed E-state index contributed by atoms with van der Waals surface area (Å²) in [6.45, 7) is 0. The molecule has 1 heterocycles. The average Bonchev–Trinajstić information content (AvgIpc) is 2.89. The Labute approximate surface area is 128 Å². The van der Waals surface area contributed by atoms with Crippen molar-refractivity contribution in [2.45, 2.75) is 6.42 Å². The van der Waals surface area contributed by atoms with Gasteiger partial charge in [-0.05, 0) is 42.0 Å². The number of benzene rings is 2. The third-order valence-corrected chi connectivity index (χ3v) is 3.53. The highest BCUT2D eigenvalue weighted by molar-refractivity contribution is 5.92. The van der Waals surface area contributed by atoms with Crippen LogP contribution in [0.4, 0.5) is 5.69 Å². The predicted octanol–water partition coefficient (Wildman–Crippen LogP) is 2.76. The summed E-state index contributed by atoms with van der Waals surface area (Å²) >= 11 is 0. The van der Waals surface area contributed by atoms with Crippen LogP contribution in [-0.4, -0.2) is 22.6 Å². The Morgan fingerprint density at radius 2 is 2.00 bits per heavy atom. The number of methoxy groups -OCH3 is 1. The summed E-state index contributed by atoms with van der Waals surface area (Å²) < 4.78 is 7.05. The van der Waals surface area contributed by atoms with Gasteiger partial charge in [0.15, 0.2) is 0 Å². The number of carbonyl (C=O) groups excluding carboxylic acids is 1. The number of nitrogens with zero attached hydrogens (tertiary/aromatic N) is 2. The van der Waals surface area contributed by atoms with E-state index in [1.54, 1.807) is 13.4 Å². The van der Waals surface area contributed by atoms with E-state index in [2.05, 4.69) is 10.3 Å². The Morgan fingerprint density at radius 3 is 2.73 bits per heavy atom. The maximum atomic E-state index is 12.1. The molecule has 3 aromatic rings. The van der Waals surface area contributed by atoms with Crippen LogP contribution in [0.5, 0.6) is 5.75 Å². The van der Waals surface area contributed by atoms with Crippen LogP contribution in [0.2, 0.25) is 0 Å². The molecule has 0 bridgehead atoms. The number of ether oxygens (including phenoxy) is 1. The average molecular weight is 295 g/mol. The maximum absolute atomic E-state index is 12.1. The lowest BCUT2D eigenvalue weighted by Crippen LogP contribution is -2.14. The van der Waals surface area contributed by atoms with Crippen LogP contribution in [0.15, 0.2) is 48.8 Å². The number of amides is 1. The second-order valence-electron chi connectivity index (χ2n) is 5.13. The molecule has 0 spiro atoms. The van der Waals surface area contributed by atoms with Gasteiger partial charge < -0.3 is 14.6 Å². The first-order chi connectivity index (χ1) is 10.7. The minimum absolute atomic E-state index is 0.0551. The summed E-state index contributed by atoms with van der Waals surface area (Å²) in [5, 5.41) is 2.87. The summed E-state index contributed by atoms with van der Waals surface area (Å²) in [4.78, 5) is 16.4. The molecule has 0 aliphatic heterocycles. The monoisotopic (exact) mass is 295 g/mol. The molecule has 112 valence electrons. The fourth-order valence-electron chi connectivity index (χ4n) is 2.36. The van der Waals surface area contributed by atoms with E-state index in [-0.39, 0.29) is 5.91 Å². The van der Waals surface area contributed by atoms with Crippen molar-refractivity contribution < 1.29 is 9.53 Å². The van der Waals surface area contributed by atoms with Gasteiger partial charge in [0.1, 0.15) is 5.75 Å². The number of anilines is 1. The zero-order valence-electron chi connectivity index (χ0n) is 12.5. The molecule has 0 unspecified atom stereocenters. The van der Waals surface area contributed by atoms with Crippen LogP contribution in [0.3, 0.4) is 0 Å². The van der Waals surface area contributed by atoms with E-state index in [9.17, 15) is 4.79 Å². The Balaban J connectivity index is 1.69. The van der Waals surface area contributed by atoms with E-state index < -0.39 is 0 Å². The van der Waals surface area contributed by atoms with Crippen molar-refractivity contribution >= 4 is 22.6 Å². The highest BCUT2D eigenvalue weighted by Gasteiger charge is 2.07. The molecule has 1 N–H and O–H groups in total. The molecule has 1 aromatic heterocycles. The molecule has 0 saturated carbocycles. The molecule has 5 heteroatoms. The molecule has 22 heavy (non-hydrogen) atoms. The number of carbonyl (C=O) groups is 1. The molecule has 0 atom stereocenters. The van der Waals surface area contributed by atoms with Crippen LogP contribution >= 0.6 is 0 Å². The molecular formula is C17H17N3O2. The zero-order valence-corrected chi connectivity index (χ0v) is 12.5. The lowest BCUT2D eigenvalue weighted by molar-refractivity contribution is -0.115. The normalized spacial score (nSPS) is 10.6. The predicted molar refractivity (Wildman–Crippen MR) is 86.0 cm³/mol. The van der Waals surface area contributed by atoms with E-state index in [1.165, 1.54) is 0 Å². The fourth-order valence-corrected chi connectivity index (χ4v) is 2.36. The van der Waals surface area contributed by atoms with Crippen molar-refractivity contribution in [3.05, 3.63) is 54.4 Å². The number of rotatable bonds is 4. The summed E-state index contributed by atoms with van der Waals surface area (Å²) in [5.74, 6) is 0.707. The van der Waals surface area contributed by atoms with Gasteiger partial charge in [0.2, 0.25) is 5.91 Å². The van der Waals surface area contributed by atoms with Crippen LogP contribution in [0, 0.1) is 0 Å². The summed E-state index contributed by atoms with van der Waals surface area (Å²) in [6.07, 6.45) is 2.09. The van der Waals surface area contributed by atoms with E-state index in [0.29, 0.717) is 6.42 Å². The van der Waals surface area contributed by atoms with Gasteiger partial charge in [-0.3, -0.25) is 4.79 Å². The smallest absolute Gasteiger partial charge is 0.228 e. The van der Waals surface area contributed by atoms with Gasteiger partial charge >= 0.3 is 0 Å². The van der Waals surface area contributed by atoms with Crippen molar-refractivity contribution in [3.8, 4) is 5.75 Å². The fraction of sp³-hybridized carbons (Fsp3) is 0.176. The van der Waals surface area contributed by atoms with Crippen LogP contribution < -0.4 is 10.1 Å². The van der Waals surface area contributed by atoms with Crippen LogP contribution in [0.25, 0.3) is 11.0 Å². The molecular weight excluding hydrogens is 278 g/mol. The topological polar surface area (TPSA) is 56.1 Å². The van der Waals surface area contributed by atoms with Gasteiger partial charge in [0.05, 0.1) is 30.9 Å². The molecule has 0 radical (unpaired) electrons. The molecule has 2 aromatic carbocycles. The summed E-state index contributed by atoms with van der Waals surface area (Å²) in [7, 11) is 3.56. The van der Waals surface area contributed by atoms with Crippen LogP contribution in [-0.2, 0) is 18.3 Å². The van der Waals surface area contributed by atoms with Gasteiger partial charge in [-0.2, -0.15) is 0 Å². The Morgan fingerprint density at radius 1 is 1.23 bits per heavy atom. The summed E-state index contributed by atoms with van der Waals surface area (Å²) in [5.41, 5.74) is 3.65. The van der Waals surface area contributed by atoms with Crippen molar-refractivity contribution in [1.82, 2.24) is 9.55 Å². The van der Waals surface area contributed by atoms with Crippen molar-refractivity contribution in [2.24, 2.45) is 7.05 Å². The molecule has 0 aliphatic carbocycles. The molecule has 0 fully saturated rings. The molecule has 0 saturated heterocycles. The van der Waals surface area contributed by atoms with E-state index in [1.807, 2.05) is 54.1 Å². The standard InChI is InChI=1S/C17H17N3O2/c1-20-11-18-15-9-12(3-8-16(15)20)10-17(21)19-13-4-6-14(22-2)7-5-13/h3-9,11H,10H2,1-2H3,(H,19,21). The van der Waals surface area contributed by atoms with Gasteiger partial charge in [-0.1, -0.05) is 6.07 Å². The first-order valence-electron chi connectivity index (χ1n) is 6.99. The first-order valence-corrected chi connectivity index (χ1v) is 6.99. The number of nitrogens with one attached hydrogen (secondary N) is 1. The number of fused-ring (bicyclic) bond motifs is 1. The van der Waals surface area contributed by atoms with E-state index in [4.69, 9.17) is 4.74 Å². The second-order valence-corrected chi connectivity index (χ2v) is 5.13. The molecule has 1 amide bonds. The lowest BCUT2D eigenvalue weighted by Gasteiger charge is -2.06. The second kappa shape index (κ2) is 5.89. The largest absolute Gasteiger partial charge is 0.497 e. The molecule has 3 rings (SSSR count). The van der Waals surface area contributed by atoms with Crippen molar-refractivity contribution in [3.63, 3.8) is 0 Å². The van der Waals surface area contributed by atoms with Gasteiger partial charge in [0.25, 0.3) is 0 Å². The Kier molecular flexibility index (Phi) is 3.78. The zero-order chi connectivity index (χ0) is 15.5. The quantitative estimate of drug-likeness (QED) is 0.805. The lowest BCUT2D eigenvalue weighted by atomic mass is 10.1. The van der Waals surface area contributed by atoms with Gasteiger partial charge in [-0.25, -0.2) is 4.98 Å². The third kappa shape index (κ3) is 2.93. The number of aromatic nitrogens is 2. The SMILES string of the molecule is COc1ccc(NC(=O)Cc2ccc3c(c2)ncn3C)cc1. The maximum Gasteiger partial charge on any atom is 0.228 e. The first kappa shape index (κ1) is 14.1. The van der Waals surface area contributed by atoms with E-state index >= 15 is 0 Å². The minimum atomic E-state index is -0.0551. The minimum Gasteiger partial charge on any atom is -0.497 e. The summed E-state index contributed by atoms with van der Waals surface area (Å²) in [6, 6.07) is 13.2.